The van der Waals surface area contributed by atoms with Gasteiger partial charge >= 0.3 is 5.97 Å². The molecule has 1 unspecified atom stereocenters. The van der Waals surface area contributed by atoms with Gasteiger partial charge in [-0.3, -0.25) is 9.59 Å². The quantitative estimate of drug-likeness (QED) is 0.559. The predicted octanol–water partition coefficient (Wildman–Crippen LogP) is 2.75. The van der Waals surface area contributed by atoms with Crippen molar-refractivity contribution in [2.24, 2.45) is 23.7 Å². The molecule has 0 aromatic rings. The van der Waals surface area contributed by atoms with E-state index >= 15 is 0 Å². The van der Waals surface area contributed by atoms with Crippen LogP contribution in [0.3, 0.4) is 0 Å². The molecule has 0 aromatic carbocycles. The Morgan fingerprint density at radius 3 is 2.78 bits per heavy atom. The van der Waals surface area contributed by atoms with Crippen LogP contribution in [0.25, 0.3) is 0 Å². The molecule has 3 heteroatoms. The fraction of sp³-hybridized carbons (Fsp3) is 0.733. The first-order chi connectivity index (χ1) is 8.54. The Morgan fingerprint density at radius 2 is 2.11 bits per heavy atom. The normalized spacial score (nSPS) is 33.4. The molecule has 0 N–H and O–H groups in total. The van der Waals surface area contributed by atoms with Crippen LogP contribution in [0.15, 0.2) is 11.6 Å². The number of rotatable bonds is 2. The fourth-order valence-electron chi connectivity index (χ4n) is 3.53. The summed E-state index contributed by atoms with van der Waals surface area (Å²) in [4.78, 5) is 23.7. The van der Waals surface area contributed by atoms with Gasteiger partial charge in [0.1, 0.15) is 5.78 Å². The largest absolute Gasteiger partial charge is 0.469 e. The molecule has 0 aromatic heterocycles. The fourth-order valence-corrected chi connectivity index (χ4v) is 3.53. The predicted molar refractivity (Wildman–Crippen MR) is 68.9 cm³/mol. The van der Waals surface area contributed by atoms with Crippen LogP contribution >= 0.6 is 0 Å². The zero-order chi connectivity index (χ0) is 13.3. The first kappa shape index (κ1) is 13.3. The Labute approximate surface area is 109 Å². The van der Waals surface area contributed by atoms with E-state index in [2.05, 4.69) is 13.0 Å². The zero-order valence-electron chi connectivity index (χ0n) is 11.4. The molecular weight excluding hydrogens is 228 g/mol. The van der Waals surface area contributed by atoms with Crippen LogP contribution in [0.2, 0.25) is 0 Å². The molecule has 0 saturated heterocycles. The summed E-state index contributed by atoms with van der Waals surface area (Å²) in [7, 11) is 1.44. The van der Waals surface area contributed by atoms with Gasteiger partial charge in [0.15, 0.2) is 0 Å². The molecule has 2 aliphatic rings. The number of hydrogen-bond donors (Lipinski definition) is 0. The van der Waals surface area contributed by atoms with E-state index < -0.39 is 0 Å². The topological polar surface area (TPSA) is 43.4 Å². The van der Waals surface area contributed by atoms with Gasteiger partial charge in [0, 0.05) is 12.3 Å². The van der Waals surface area contributed by atoms with Gasteiger partial charge in [0.05, 0.1) is 13.0 Å². The lowest BCUT2D eigenvalue weighted by atomic mass is 9.63. The van der Waals surface area contributed by atoms with Gasteiger partial charge in [-0.05, 0) is 38.0 Å². The molecule has 0 radical (unpaired) electrons. The minimum absolute atomic E-state index is 0.113. The summed E-state index contributed by atoms with van der Waals surface area (Å²) >= 11 is 0. The molecular formula is C15H22O3. The summed E-state index contributed by atoms with van der Waals surface area (Å²) < 4.78 is 4.85. The average molecular weight is 250 g/mol. The number of hydrogen-bond acceptors (Lipinski definition) is 3. The van der Waals surface area contributed by atoms with Crippen molar-refractivity contribution >= 4 is 11.8 Å². The minimum atomic E-state index is -0.148. The maximum Gasteiger partial charge on any atom is 0.308 e. The first-order valence-corrected chi connectivity index (χ1v) is 6.82. The molecule has 0 amide bonds. The molecule has 100 valence electrons. The van der Waals surface area contributed by atoms with E-state index in [1.54, 1.807) is 0 Å². The monoisotopic (exact) mass is 250 g/mol. The van der Waals surface area contributed by atoms with E-state index in [0.717, 1.165) is 19.3 Å². The van der Waals surface area contributed by atoms with Gasteiger partial charge in [0.25, 0.3) is 0 Å². The highest BCUT2D eigenvalue weighted by Crippen LogP contribution is 2.43. The number of esters is 1. The van der Waals surface area contributed by atoms with Crippen LogP contribution in [0, 0.1) is 23.7 Å². The smallest absolute Gasteiger partial charge is 0.308 e. The molecule has 1 saturated carbocycles. The maximum atomic E-state index is 12.0. The number of carbonyl (C=O) groups excluding carboxylic acids is 2. The number of fused-ring (bicyclic) bond motifs is 1. The molecule has 18 heavy (non-hydrogen) atoms. The molecule has 0 bridgehead atoms. The molecule has 3 nitrogen and oxygen atoms in total. The third-order valence-electron chi connectivity index (χ3n) is 4.64. The second kappa shape index (κ2) is 5.25. The van der Waals surface area contributed by atoms with Gasteiger partial charge in [-0.2, -0.15) is 0 Å². The van der Waals surface area contributed by atoms with Crippen molar-refractivity contribution in [2.45, 2.75) is 39.5 Å². The van der Waals surface area contributed by atoms with Crippen molar-refractivity contribution in [3.63, 3.8) is 0 Å². The second-order valence-electron chi connectivity index (χ2n) is 5.72. The average Bonchev–Trinajstić information content (AvgIpc) is 2.37. The third-order valence-corrected chi connectivity index (χ3v) is 4.64. The lowest BCUT2D eigenvalue weighted by Crippen LogP contribution is -2.40. The second-order valence-corrected chi connectivity index (χ2v) is 5.72. The molecule has 2 rings (SSSR count). The Kier molecular flexibility index (Phi) is 3.88. The van der Waals surface area contributed by atoms with Gasteiger partial charge in [-0.15, -0.1) is 0 Å². The van der Waals surface area contributed by atoms with Gasteiger partial charge in [0.2, 0.25) is 0 Å². The molecule has 0 heterocycles. The van der Waals surface area contributed by atoms with Crippen LogP contribution in [0.4, 0.5) is 0 Å². The van der Waals surface area contributed by atoms with Crippen molar-refractivity contribution < 1.29 is 14.3 Å². The van der Waals surface area contributed by atoms with Crippen LogP contribution in [-0.2, 0) is 14.3 Å². The van der Waals surface area contributed by atoms with Crippen molar-refractivity contribution in [2.75, 3.05) is 7.11 Å². The SMILES string of the molecule is COC(=O)[C@@H](C)[C@H]1CCC(=O)[C@H]2CCC(C)=CC21. The van der Waals surface area contributed by atoms with Crippen LogP contribution in [0.5, 0.6) is 0 Å². The standard InChI is InChI=1S/C15H22O3/c1-9-4-5-12-13(8-9)11(6-7-14(12)16)10(2)15(17)18-3/h8,10-13H,4-7H2,1-3H3/t10-,11+,12-,13?/m0/s1. The van der Waals surface area contributed by atoms with E-state index in [0.29, 0.717) is 12.2 Å². The summed E-state index contributed by atoms with van der Waals surface area (Å²) in [6.07, 6.45) is 5.65. The van der Waals surface area contributed by atoms with E-state index in [1.165, 1.54) is 12.7 Å². The molecule has 0 spiro atoms. The summed E-state index contributed by atoms with van der Waals surface area (Å²) in [5, 5.41) is 0. The summed E-state index contributed by atoms with van der Waals surface area (Å²) in [5.41, 5.74) is 1.35. The van der Waals surface area contributed by atoms with Crippen molar-refractivity contribution in [1.82, 2.24) is 0 Å². The van der Waals surface area contributed by atoms with Gasteiger partial charge in [-0.25, -0.2) is 0 Å². The Morgan fingerprint density at radius 1 is 1.39 bits per heavy atom. The number of Topliss-reactive ketones (excluding diaryl/α,β-unsaturated/α-hetero) is 1. The van der Waals surface area contributed by atoms with E-state index in [-0.39, 0.29) is 29.6 Å². The number of ketones is 1. The Balaban J connectivity index is 2.22. The van der Waals surface area contributed by atoms with E-state index in [1.807, 2.05) is 6.92 Å². The van der Waals surface area contributed by atoms with Gasteiger partial charge in [-0.1, -0.05) is 18.6 Å². The summed E-state index contributed by atoms with van der Waals surface area (Å²) in [5.74, 6) is 0.767. The molecule has 4 atom stereocenters. The maximum absolute atomic E-state index is 12.0. The van der Waals surface area contributed by atoms with Crippen LogP contribution < -0.4 is 0 Å². The third kappa shape index (κ3) is 2.36. The highest BCUT2D eigenvalue weighted by molar-refractivity contribution is 5.83. The van der Waals surface area contributed by atoms with Crippen molar-refractivity contribution in [3.05, 3.63) is 11.6 Å². The molecule has 0 aliphatic heterocycles. The number of ether oxygens (including phenoxy) is 1. The first-order valence-electron chi connectivity index (χ1n) is 6.82. The summed E-state index contributed by atoms with van der Waals surface area (Å²) in [6.45, 7) is 4.05. The lowest BCUT2D eigenvalue weighted by molar-refractivity contribution is -0.149. The van der Waals surface area contributed by atoms with Crippen molar-refractivity contribution in [3.8, 4) is 0 Å². The zero-order valence-corrected chi connectivity index (χ0v) is 11.4. The minimum Gasteiger partial charge on any atom is -0.469 e. The van der Waals surface area contributed by atoms with Crippen LogP contribution in [-0.4, -0.2) is 18.9 Å². The van der Waals surface area contributed by atoms with Crippen LogP contribution in [0.1, 0.15) is 39.5 Å². The van der Waals surface area contributed by atoms with E-state index in [9.17, 15) is 9.59 Å². The highest BCUT2D eigenvalue weighted by atomic mass is 16.5. The molecule has 1 fully saturated rings. The number of methoxy groups -OCH3 is 1. The Hall–Kier alpha value is -1.12. The van der Waals surface area contributed by atoms with Gasteiger partial charge < -0.3 is 4.74 Å². The lowest BCUT2D eigenvalue weighted by Gasteiger charge is -2.40. The Bertz CT molecular complexity index is 383. The molecule has 2 aliphatic carbocycles. The number of allylic oxidation sites excluding steroid dienone is 2. The van der Waals surface area contributed by atoms with Crippen molar-refractivity contribution in [1.29, 1.82) is 0 Å². The van der Waals surface area contributed by atoms with E-state index in [4.69, 9.17) is 4.74 Å². The summed E-state index contributed by atoms with van der Waals surface area (Å²) in [6, 6.07) is 0. The number of carbonyl (C=O) groups is 2. The highest BCUT2D eigenvalue weighted by Gasteiger charge is 2.42.